The van der Waals surface area contributed by atoms with E-state index >= 15 is 0 Å². The fraction of sp³-hybridized carbons (Fsp3) is 0.0952. The zero-order chi connectivity index (χ0) is 20.3. The Morgan fingerprint density at radius 2 is 1.57 bits per heavy atom. The summed E-state index contributed by atoms with van der Waals surface area (Å²) in [5, 5.41) is 2.49. The van der Waals surface area contributed by atoms with Crippen LogP contribution in [0, 0.1) is 6.92 Å². The van der Waals surface area contributed by atoms with Crippen LogP contribution in [-0.4, -0.2) is 6.21 Å². The summed E-state index contributed by atoms with van der Waals surface area (Å²) in [5.74, 6) is 0.380. The molecule has 0 fully saturated rings. The van der Waals surface area contributed by atoms with Gasteiger partial charge in [0.15, 0.2) is 5.75 Å². The lowest BCUT2D eigenvalue weighted by Gasteiger charge is -2.12. The molecule has 0 radical (unpaired) electrons. The number of benzene rings is 3. The van der Waals surface area contributed by atoms with Gasteiger partial charge in [0.1, 0.15) is 6.61 Å². The Morgan fingerprint density at radius 1 is 0.857 bits per heavy atom. The van der Waals surface area contributed by atoms with Crippen LogP contribution in [-0.2, 0) is 6.61 Å². The Kier molecular flexibility index (Phi) is 7.14. The highest BCUT2D eigenvalue weighted by Crippen LogP contribution is 2.35. The zero-order valence-corrected chi connectivity index (χ0v) is 18.4. The molecule has 0 bridgehead atoms. The van der Waals surface area contributed by atoms with Crippen molar-refractivity contribution >= 4 is 69.9 Å². The molecule has 0 unspecified atom stereocenters. The van der Waals surface area contributed by atoms with E-state index in [1.54, 1.807) is 36.5 Å². The molecule has 3 aromatic rings. The number of hydrogen-bond donors (Lipinski definition) is 0. The minimum absolute atomic E-state index is 0.213. The second-order valence-corrected chi connectivity index (χ2v) is 8.05. The first-order valence-corrected chi connectivity index (χ1v) is 10.1. The molecule has 0 amide bonds. The van der Waals surface area contributed by atoms with Crippen molar-refractivity contribution in [1.29, 1.82) is 0 Å². The summed E-state index contributed by atoms with van der Waals surface area (Å²) in [6.07, 6.45) is 1.68. The van der Waals surface area contributed by atoms with Crippen LogP contribution >= 0.6 is 58.0 Å². The maximum Gasteiger partial charge on any atom is 0.157 e. The first kappa shape index (κ1) is 21.3. The van der Waals surface area contributed by atoms with E-state index < -0.39 is 0 Å². The van der Waals surface area contributed by atoms with Gasteiger partial charge in [-0.1, -0.05) is 70.1 Å². The first-order chi connectivity index (χ1) is 13.3. The first-order valence-electron chi connectivity index (χ1n) is 8.20. The van der Waals surface area contributed by atoms with Crippen molar-refractivity contribution < 1.29 is 4.74 Å². The lowest BCUT2D eigenvalue weighted by Crippen LogP contribution is -1.98. The standard InChI is InChI=1S/C21H14Cl5NO/c1-12-16(23)3-2-4-20(12)27-10-13-7-18(25)21(19(26)8-13)28-11-14-5-6-15(22)9-17(14)24/h2-10H,11H2,1H3. The van der Waals surface area contributed by atoms with E-state index in [4.69, 9.17) is 62.7 Å². The topological polar surface area (TPSA) is 21.6 Å². The SMILES string of the molecule is Cc1c(Cl)cccc1N=Cc1cc(Cl)c(OCc2ccc(Cl)cc2Cl)c(Cl)c1. The molecule has 7 heteroatoms. The third-order valence-electron chi connectivity index (χ3n) is 4.00. The molecule has 3 aromatic carbocycles. The molecule has 0 aromatic heterocycles. The number of aliphatic imine (C=N–C) groups is 1. The number of halogens is 5. The molecule has 2 nitrogen and oxygen atoms in total. The van der Waals surface area contributed by atoms with E-state index in [9.17, 15) is 0 Å². The van der Waals surface area contributed by atoms with Crippen LogP contribution in [0.5, 0.6) is 5.75 Å². The van der Waals surface area contributed by atoms with Gasteiger partial charge in [-0.2, -0.15) is 0 Å². The monoisotopic (exact) mass is 471 g/mol. The van der Waals surface area contributed by atoms with Gasteiger partial charge in [0, 0.05) is 26.8 Å². The fourth-order valence-electron chi connectivity index (χ4n) is 2.46. The molecule has 0 heterocycles. The van der Waals surface area contributed by atoms with Crippen molar-refractivity contribution in [1.82, 2.24) is 0 Å². The molecule has 0 aliphatic rings. The largest absolute Gasteiger partial charge is 0.486 e. The van der Waals surface area contributed by atoms with Crippen LogP contribution < -0.4 is 4.74 Å². The normalized spacial score (nSPS) is 11.2. The molecule has 0 atom stereocenters. The molecule has 0 N–H and O–H groups in total. The Morgan fingerprint density at radius 3 is 2.25 bits per heavy atom. The molecule has 3 rings (SSSR count). The average Bonchev–Trinajstić information content (AvgIpc) is 2.64. The summed E-state index contributed by atoms with van der Waals surface area (Å²) in [4.78, 5) is 4.46. The molecule has 0 spiro atoms. The smallest absolute Gasteiger partial charge is 0.157 e. The van der Waals surface area contributed by atoms with Gasteiger partial charge in [-0.05, 0) is 54.4 Å². The van der Waals surface area contributed by atoms with Gasteiger partial charge in [-0.15, -0.1) is 0 Å². The Labute approximate surface area is 188 Å². The van der Waals surface area contributed by atoms with Crippen LogP contribution in [0.2, 0.25) is 25.1 Å². The molecule has 28 heavy (non-hydrogen) atoms. The van der Waals surface area contributed by atoms with E-state index in [2.05, 4.69) is 4.99 Å². The maximum absolute atomic E-state index is 6.36. The zero-order valence-electron chi connectivity index (χ0n) is 14.6. The number of hydrogen-bond acceptors (Lipinski definition) is 2. The quantitative estimate of drug-likeness (QED) is 0.340. The summed E-state index contributed by atoms with van der Waals surface area (Å²) in [7, 11) is 0. The molecular formula is C21H14Cl5NO. The highest BCUT2D eigenvalue weighted by molar-refractivity contribution is 6.37. The van der Waals surface area contributed by atoms with Gasteiger partial charge in [0.25, 0.3) is 0 Å². The minimum atomic E-state index is 0.213. The van der Waals surface area contributed by atoms with Crippen LogP contribution in [0.3, 0.4) is 0 Å². The van der Waals surface area contributed by atoms with Crippen molar-refractivity contribution in [2.24, 2.45) is 4.99 Å². The van der Waals surface area contributed by atoms with E-state index in [1.807, 2.05) is 25.1 Å². The van der Waals surface area contributed by atoms with Crippen molar-refractivity contribution in [3.8, 4) is 5.75 Å². The summed E-state index contributed by atoms with van der Waals surface area (Å²) < 4.78 is 5.77. The highest BCUT2D eigenvalue weighted by atomic mass is 35.5. The van der Waals surface area contributed by atoms with Crippen molar-refractivity contribution in [2.45, 2.75) is 13.5 Å². The van der Waals surface area contributed by atoms with Gasteiger partial charge in [-0.3, -0.25) is 4.99 Å². The fourth-order valence-corrected chi connectivity index (χ4v) is 3.71. The molecule has 0 aliphatic carbocycles. The highest BCUT2D eigenvalue weighted by Gasteiger charge is 2.11. The summed E-state index contributed by atoms with van der Waals surface area (Å²) >= 11 is 30.9. The van der Waals surface area contributed by atoms with E-state index in [0.717, 1.165) is 22.4 Å². The van der Waals surface area contributed by atoms with Gasteiger partial charge in [-0.25, -0.2) is 0 Å². The minimum Gasteiger partial charge on any atom is -0.486 e. The van der Waals surface area contributed by atoms with Gasteiger partial charge < -0.3 is 4.74 Å². The van der Waals surface area contributed by atoms with Crippen molar-refractivity contribution in [2.75, 3.05) is 0 Å². The average molecular weight is 474 g/mol. The third-order valence-corrected chi connectivity index (χ3v) is 5.56. The van der Waals surface area contributed by atoms with Crippen LogP contribution in [0.15, 0.2) is 53.5 Å². The predicted molar refractivity (Wildman–Crippen MR) is 121 cm³/mol. The van der Waals surface area contributed by atoms with E-state index in [-0.39, 0.29) is 6.61 Å². The van der Waals surface area contributed by atoms with Crippen LogP contribution in [0.4, 0.5) is 5.69 Å². The van der Waals surface area contributed by atoms with Crippen LogP contribution in [0.25, 0.3) is 0 Å². The summed E-state index contributed by atoms with van der Waals surface area (Å²) in [6.45, 7) is 2.12. The van der Waals surface area contributed by atoms with Gasteiger partial charge >= 0.3 is 0 Å². The molecule has 0 saturated carbocycles. The third kappa shape index (κ3) is 5.14. The number of ether oxygens (including phenoxy) is 1. The number of nitrogens with zero attached hydrogens (tertiary/aromatic N) is 1. The van der Waals surface area contributed by atoms with Gasteiger partial charge in [0.2, 0.25) is 0 Å². The lowest BCUT2D eigenvalue weighted by molar-refractivity contribution is 0.306. The summed E-state index contributed by atoms with van der Waals surface area (Å²) in [5.41, 5.74) is 3.20. The Hall–Kier alpha value is -1.42. The Balaban J connectivity index is 1.79. The number of rotatable bonds is 5. The summed E-state index contributed by atoms with van der Waals surface area (Å²) in [6, 6.07) is 14.2. The van der Waals surface area contributed by atoms with Crippen molar-refractivity contribution in [3.63, 3.8) is 0 Å². The van der Waals surface area contributed by atoms with Crippen LogP contribution in [0.1, 0.15) is 16.7 Å². The molecule has 0 aliphatic heterocycles. The molecular weight excluding hydrogens is 460 g/mol. The second-order valence-electron chi connectivity index (χ2n) is 5.98. The predicted octanol–water partition coefficient (Wildman–Crippen LogP) is 8.59. The van der Waals surface area contributed by atoms with E-state index in [0.29, 0.717) is 30.9 Å². The lowest BCUT2D eigenvalue weighted by atomic mass is 10.2. The maximum atomic E-state index is 6.36. The van der Waals surface area contributed by atoms with Crippen molar-refractivity contribution in [3.05, 3.63) is 90.3 Å². The van der Waals surface area contributed by atoms with E-state index in [1.165, 1.54) is 0 Å². The second kappa shape index (κ2) is 9.39. The molecule has 144 valence electrons. The molecule has 0 saturated heterocycles. The Bertz CT molecular complexity index is 1030. The van der Waals surface area contributed by atoms with Gasteiger partial charge in [0.05, 0.1) is 15.7 Å².